The first-order chi connectivity index (χ1) is 16.0. The topological polar surface area (TPSA) is 80.0 Å². The van der Waals surface area contributed by atoms with Gasteiger partial charge in [0.2, 0.25) is 5.91 Å². The summed E-state index contributed by atoms with van der Waals surface area (Å²) in [5.41, 5.74) is 1.27. The molecule has 1 atom stereocenters. The number of nitrogens with zero attached hydrogens (tertiary/aromatic N) is 3. The van der Waals surface area contributed by atoms with Gasteiger partial charge < -0.3 is 23.9 Å². The van der Waals surface area contributed by atoms with Crippen molar-refractivity contribution in [2.75, 3.05) is 39.4 Å². The summed E-state index contributed by atoms with van der Waals surface area (Å²) in [4.78, 5) is 31.6. The van der Waals surface area contributed by atoms with E-state index in [1.54, 1.807) is 0 Å². The molecule has 3 aliphatic rings. The molecule has 1 aliphatic carbocycles. The Morgan fingerprint density at radius 3 is 2.67 bits per heavy atom. The van der Waals surface area contributed by atoms with Gasteiger partial charge >= 0.3 is 0 Å². The average molecular weight is 457 g/mol. The molecule has 4 heterocycles. The van der Waals surface area contributed by atoms with E-state index in [1.807, 2.05) is 35.4 Å². The smallest absolute Gasteiger partial charge is 0.271 e. The van der Waals surface area contributed by atoms with Crippen molar-refractivity contribution in [2.45, 2.75) is 70.5 Å². The highest BCUT2D eigenvalue weighted by atomic mass is 16.5. The van der Waals surface area contributed by atoms with E-state index in [0.717, 1.165) is 76.2 Å². The van der Waals surface area contributed by atoms with Crippen LogP contribution in [0.5, 0.6) is 0 Å². The molecule has 1 unspecified atom stereocenters. The van der Waals surface area contributed by atoms with Crippen LogP contribution in [0.2, 0.25) is 0 Å². The molecule has 2 amide bonds. The Kier molecular flexibility index (Phi) is 6.22. The molecule has 0 bridgehead atoms. The van der Waals surface area contributed by atoms with Crippen molar-refractivity contribution in [3.8, 4) is 0 Å². The zero-order valence-corrected chi connectivity index (χ0v) is 19.9. The van der Waals surface area contributed by atoms with E-state index in [0.29, 0.717) is 24.4 Å². The summed E-state index contributed by atoms with van der Waals surface area (Å²) < 4.78 is 13.2. The fourth-order valence-corrected chi connectivity index (χ4v) is 5.68. The van der Waals surface area contributed by atoms with Crippen LogP contribution in [-0.4, -0.2) is 77.2 Å². The number of aryl methyl sites for hydroxylation is 1. The van der Waals surface area contributed by atoms with E-state index in [4.69, 9.17) is 9.15 Å². The van der Waals surface area contributed by atoms with Crippen LogP contribution in [0.1, 0.15) is 61.7 Å². The Morgan fingerprint density at radius 2 is 1.91 bits per heavy atom. The molecule has 2 aromatic heterocycles. The number of carbonyl (C=O) groups excluding carboxylic acids is 2. The van der Waals surface area contributed by atoms with Gasteiger partial charge in [-0.2, -0.15) is 0 Å². The highest BCUT2D eigenvalue weighted by Gasteiger charge is 2.48. The number of rotatable bonds is 6. The summed E-state index contributed by atoms with van der Waals surface area (Å²) in [5, 5.41) is 3.30. The van der Waals surface area contributed by atoms with Crippen molar-refractivity contribution >= 4 is 22.9 Å². The monoisotopic (exact) mass is 456 g/mol. The molecule has 2 fully saturated rings. The van der Waals surface area contributed by atoms with Gasteiger partial charge in [-0.25, -0.2) is 0 Å². The highest BCUT2D eigenvalue weighted by molar-refractivity contribution is 6.03. The number of hydrogen-bond donors (Lipinski definition) is 1. The minimum atomic E-state index is -0.941. The van der Waals surface area contributed by atoms with Crippen LogP contribution < -0.4 is 5.32 Å². The van der Waals surface area contributed by atoms with E-state index < -0.39 is 5.54 Å². The quantitative estimate of drug-likeness (QED) is 0.723. The van der Waals surface area contributed by atoms with Gasteiger partial charge in [0.05, 0.1) is 25.3 Å². The molecule has 2 aliphatic heterocycles. The van der Waals surface area contributed by atoms with E-state index in [2.05, 4.69) is 10.2 Å². The predicted molar refractivity (Wildman–Crippen MR) is 125 cm³/mol. The molecule has 1 saturated carbocycles. The Hall–Kier alpha value is -2.32. The van der Waals surface area contributed by atoms with Gasteiger partial charge in [0.1, 0.15) is 17.0 Å². The maximum atomic E-state index is 13.7. The third-order valence-electron chi connectivity index (χ3n) is 7.63. The van der Waals surface area contributed by atoms with E-state index in [9.17, 15) is 9.59 Å². The maximum absolute atomic E-state index is 13.7. The minimum Gasteiger partial charge on any atom is -0.460 e. The first-order valence-corrected chi connectivity index (χ1v) is 12.5. The van der Waals surface area contributed by atoms with E-state index in [1.165, 1.54) is 6.42 Å². The van der Waals surface area contributed by atoms with Crippen LogP contribution in [0.3, 0.4) is 0 Å². The van der Waals surface area contributed by atoms with Gasteiger partial charge in [0, 0.05) is 44.4 Å². The first kappa shape index (κ1) is 22.5. The van der Waals surface area contributed by atoms with Crippen molar-refractivity contribution in [2.24, 2.45) is 0 Å². The summed E-state index contributed by atoms with van der Waals surface area (Å²) in [6.07, 6.45) is 6.41. The Bertz CT molecular complexity index is 1020. The molecular weight excluding hydrogens is 420 g/mol. The molecule has 8 nitrogen and oxygen atoms in total. The van der Waals surface area contributed by atoms with Crippen LogP contribution in [0.4, 0.5) is 0 Å². The molecule has 1 saturated heterocycles. The molecule has 0 spiro atoms. The second kappa shape index (κ2) is 9.14. The highest BCUT2D eigenvalue weighted by Crippen LogP contribution is 2.34. The molecule has 33 heavy (non-hydrogen) atoms. The minimum absolute atomic E-state index is 0.0400. The van der Waals surface area contributed by atoms with Crippen molar-refractivity contribution in [1.29, 1.82) is 0 Å². The number of morpholine rings is 1. The van der Waals surface area contributed by atoms with E-state index in [-0.39, 0.29) is 17.9 Å². The number of ether oxygens (including phenoxy) is 1. The fraction of sp³-hybridized carbons (Fsp3) is 0.680. The van der Waals surface area contributed by atoms with Crippen LogP contribution in [0.15, 0.2) is 16.5 Å². The van der Waals surface area contributed by atoms with Crippen LogP contribution in [0, 0.1) is 6.92 Å². The van der Waals surface area contributed by atoms with Crippen molar-refractivity contribution in [3.63, 3.8) is 0 Å². The average Bonchev–Trinajstić information content (AvgIpc) is 3.34. The van der Waals surface area contributed by atoms with Crippen LogP contribution >= 0.6 is 0 Å². The zero-order chi connectivity index (χ0) is 23.0. The third kappa shape index (κ3) is 4.30. The number of aromatic nitrogens is 1. The predicted octanol–water partition coefficient (Wildman–Crippen LogP) is 2.93. The van der Waals surface area contributed by atoms with Gasteiger partial charge in [0.15, 0.2) is 5.58 Å². The molecule has 0 aromatic carbocycles. The van der Waals surface area contributed by atoms with Gasteiger partial charge in [-0.1, -0.05) is 19.3 Å². The maximum Gasteiger partial charge on any atom is 0.271 e. The van der Waals surface area contributed by atoms with Crippen molar-refractivity contribution < 1.29 is 18.7 Å². The molecule has 1 N–H and O–H groups in total. The van der Waals surface area contributed by atoms with E-state index >= 15 is 0 Å². The zero-order valence-electron chi connectivity index (χ0n) is 19.9. The summed E-state index contributed by atoms with van der Waals surface area (Å²) >= 11 is 0. The number of fused-ring (bicyclic) bond motifs is 3. The standard InChI is InChI=1S/C25H36N4O4/c1-18-15-20-22(33-18)16-21-23(30)29(10-6-9-27-11-13-32-14-12-27)25(2,17-28(20)21)24(31)26-19-7-4-3-5-8-19/h15-16,19H,3-14,17H2,1-2H3,(H,26,31). The molecule has 0 radical (unpaired) electrons. The number of hydrogen-bond acceptors (Lipinski definition) is 5. The second-order valence-corrected chi connectivity index (χ2v) is 10.1. The molecule has 2 aromatic rings. The first-order valence-electron chi connectivity index (χ1n) is 12.5. The lowest BCUT2D eigenvalue weighted by Gasteiger charge is -2.45. The molecule has 5 rings (SSSR count). The Morgan fingerprint density at radius 1 is 1.15 bits per heavy atom. The molecule has 8 heteroatoms. The van der Waals surface area contributed by atoms with Crippen molar-refractivity contribution in [1.82, 2.24) is 19.7 Å². The van der Waals surface area contributed by atoms with Gasteiger partial charge in [-0.15, -0.1) is 0 Å². The van der Waals surface area contributed by atoms with Crippen LogP contribution in [0.25, 0.3) is 11.1 Å². The number of nitrogens with one attached hydrogen (secondary N) is 1. The number of furan rings is 1. The summed E-state index contributed by atoms with van der Waals surface area (Å²) in [5.74, 6) is 0.680. The largest absolute Gasteiger partial charge is 0.460 e. The van der Waals surface area contributed by atoms with Crippen molar-refractivity contribution in [3.05, 3.63) is 23.6 Å². The van der Waals surface area contributed by atoms with Crippen LogP contribution in [-0.2, 0) is 16.1 Å². The summed E-state index contributed by atoms with van der Waals surface area (Å²) in [7, 11) is 0. The second-order valence-electron chi connectivity index (χ2n) is 10.1. The Balaban J connectivity index is 1.40. The SMILES string of the molecule is Cc1cc2c(cc3n2CC(C)(C(=O)NC2CCCCC2)N(CCCN2CCOCC2)C3=O)o1. The lowest BCUT2D eigenvalue weighted by atomic mass is 9.91. The van der Waals surface area contributed by atoms with Gasteiger partial charge in [-0.3, -0.25) is 14.5 Å². The summed E-state index contributed by atoms with van der Waals surface area (Å²) in [6, 6.07) is 3.99. The third-order valence-corrected chi connectivity index (χ3v) is 7.63. The lowest BCUT2D eigenvalue weighted by molar-refractivity contribution is -0.133. The molecular formula is C25H36N4O4. The number of carbonyl (C=O) groups is 2. The number of amides is 2. The Labute approximate surface area is 195 Å². The summed E-state index contributed by atoms with van der Waals surface area (Å²) in [6.45, 7) is 9.09. The normalized spacial score (nSPS) is 24.9. The molecule has 180 valence electrons. The van der Waals surface area contributed by atoms with Gasteiger partial charge in [-0.05, 0) is 33.1 Å². The fourth-order valence-electron chi connectivity index (χ4n) is 5.68. The lowest BCUT2D eigenvalue weighted by Crippen LogP contribution is -2.65. The van der Waals surface area contributed by atoms with Gasteiger partial charge in [0.25, 0.3) is 5.91 Å².